The van der Waals surface area contributed by atoms with E-state index in [1.54, 1.807) is 12.1 Å². The smallest absolute Gasteiger partial charge is 0.195 e. The van der Waals surface area contributed by atoms with Crippen LogP contribution in [-0.2, 0) is 6.42 Å². The predicted molar refractivity (Wildman–Crippen MR) is 84.6 cm³/mol. The topological polar surface area (TPSA) is 0 Å². The van der Waals surface area contributed by atoms with Crippen molar-refractivity contribution in [1.29, 1.82) is 0 Å². The summed E-state index contributed by atoms with van der Waals surface area (Å²) in [5, 5.41) is 2.25. The average Bonchev–Trinajstić information content (AvgIpc) is 2.51. The fourth-order valence-corrected chi connectivity index (χ4v) is 2.83. The van der Waals surface area contributed by atoms with Crippen molar-refractivity contribution in [3.63, 3.8) is 0 Å². The number of benzene rings is 3. The molecule has 0 aliphatic carbocycles. The number of rotatable bonds is 4. The van der Waals surface area contributed by atoms with Crippen LogP contribution in [0.5, 0.6) is 0 Å². The zero-order valence-corrected chi connectivity index (χ0v) is 12.4. The van der Waals surface area contributed by atoms with Crippen LogP contribution in [0, 0.1) is 17.5 Å². The highest BCUT2D eigenvalue weighted by Crippen LogP contribution is 2.28. The normalized spacial score (nSPS) is 11.5. The number of hydrogen-bond donors (Lipinski definition) is 0. The van der Waals surface area contributed by atoms with Crippen molar-refractivity contribution in [3.05, 3.63) is 59.4 Å². The highest BCUT2D eigenvalue weighted by molar-refractivity contribution is 5.98. The molecule has 0 saturated heterocycles. The van der Waals surface area contributed by atoms with Gasteiger partial charge in [0.2, 0.25) is 0 Å². The molecule has 3 aromatic rings. The Kier molecular flexibility index (Phi) is 4.06. The lowest BCUT2D eigenvalue weighted by molar-refractivity contribution is 0.453. The second-order valence-electron chi connectivity index (χ2n) is 5.70. The van der Waals surface area contributed by atoms with Gasteiger partial charge in [0, 0.05) is 5.39 Å². The van der Waals surface area contributed by atoms with E-state index in [1.165, 1.54) is 18.4 Å². The largest absolute Gasteiger partial charge is 0.204 e. The Morgan fingerprint density at radius 2 is 1.59 bits per heavy atom. The molecule has 0 aromatic heterocycles. The predicted octanol–water partition coefficient (Wildman–Crippen LogP) is 6.14. The molecule has 0 aliphatic rings. The second-order valence-corrected chi connectivity index (χ2v) is 5.70. The van der Waals surface area contributed by atoms with Crippen molar-refractivity contribution >= 4 is 21.5 Å². The number of fused-ring (bicyclic) bond motifs is 2. The van der Waals surface area contributed by atoms with Crippen molar-refractivity contribution < 1.29 is 13.2 Å². The standard InChI is InChI=1S/C19H17F3/c1-2-3-4-5-12-6-7-13-10-16-15(9-14(13)8-12)11-17(20)19(22)18(16)21/h6-11H,2-5H2,1H3. The summed E-state index contributed by atoms with van der Waals surface area (Å²) in [6, 6.07) is 10.3. The number of hydrogen-bond acceptors (Lipinski definition) is 0. The first kappa shape index (κ1) is 14.9. The lowest BCUT2D eigenvalue weighted by Gasteiger charge is -2.07. The zero-order valence-electron chi connectivity index (χ0n) is 12.4. The second kappa shape index (κ2) is 5.99. The third kappa shape index (κ3) is 2.68. The third-order valence-corrected chi connectivity index (χ3v) is 4.06. The molecule has 0 unspecified atom stereocenters. The van der Waals surface area contributed by atoms with Crippen LogP contribution in [0.25, 0.3) is 21.5 Å². The Hall–Kier alpha value is -2.03. The summed E-state index contributed by atoms with van der Waals surface area (Å²) >= 11 is 0. The van der Waals surface area contributed by atoms with Crippen LogP contribution in [0.1, 0.15) is 31.7 Å². The van der Waals surface area contributed by atoms with Gasteiger partial charge in [-0.15, -0.1) is 0 Å². The molecule has 114 valence electrons. The molecule has 0 aliphatic heterocycles. The van der Waals surface area contributed by atoms with Crippen molar-refractivity contribution in [2.45, 2.75) is 32.6 Å². The summed E-state index contributed by atoms with van der Waals surface area (Å²) in [6.45, 7) is 2.16. The van der Waals surface area contributed by atoms with Gasteiger partial charge in [0.15, 0.2) is 17.5 Å². The van der Waals surface area contributed by atoms with Crippen molar-refractivity contribution in [1.82, 2.24) is 0 Å². The van der Waals surface area contributed by atoms with E-state index in [0.717, 1.165) is 29.7 Å². The molecule has 3 aromatic carbocycles. The first-order chi connectivity index (χ1) is 10.6. The summed E-state index contributed by atoms with van der Waals surface area (Å²) < 4.78 is 40.6. The molecular weight excluding hydrogens is 285 g/mol. The zero-order chi connectivity index (χ0) is 15.7. The molecule has 0 nitrogen and oxygen atoms in total. The van der Waals surface area contributed by atoms with Gasteiger partial charge in [-0.25, -0.2) is 13.2 Å². The minimum Gasteiger partial charge on any atom is -0.204 e. The molecule has 0 fully saturated rings. The molecule has 22 heavy (non-hydrogen) atoms. The molecule has 0 bridgehead atoms. The molecule has 0 spiro atoms. The molecule has 0 heterocycles. The highest BCUT2D eigenvalue weighted by atomic mass is 19.2. The summed E-state index contributed by atoms with van der Waals surface area (Å²) in [6.07, 6.45) is 4.48. The average molecular weight is 302 g/mol. The van der Waals surface area contributed by atoms with Gasteiger partial charge < -0.3 is 0 Å². The van der Waals surface area contributed by atoms with Gasteiger partial charge in [-0.3, -0.25) is 0 Å². The van der Waals surface area contributed by atoms with Gasteiger partial charge in [-0.05, 0) is 52.8 Å². The van der Waals surface area contributed by atoms with E-state index in [2.05, 4.69) is 6.92 Å². The van der Waals surface area contributed by atoms with E-state index in [-0.39, 0.29) is 5.39 Å². The molecule has 0 N–H and O–H groups in total. The van der Waals surface area contributed by atoms with Crippen LogP contribution in [0.2, 0.25) is 0 Å². The SMILES string of the molecule is CCCCCc1ccc2cc3c(F)c(F)c(F)cc3cc2c1. The summed E-state index contributed by atoms with van der Waals surface area (Å²) in [5.74, 6) is -3.68. The number of halogens is 3. The maximum atomic E-state index is 13.9. The Bertz CT molecular complexity index is 837. The van der Waals surface area contributed by atoms with Crippen molar-refractivity contribution in [2.75, 3.05) is 0 Å². The first-order valence-electron chi connectivity index (χ1n) is 7.60. The van der Waals surface area contributed by atoms with Gasteiger partial charge in [-0.2, -0.15) is 0 Å². The number of aryl methyl sites for hydroxylation is 1. The van der Waals surface area contributed by atoms with Crippen LogP contribution in [0.4, 0.5) is 13.2 Å². The van der Waals surface area contributed by atoms with E-state index < -0.39 is 17.5 Å². The molecule has 0 saturated carbocycles. The Morgan fingerprint density at radius 3 is 2.36 bits per heavy atom. The minimum absolute atomic E-state index is 0.116. The van der Waals surface area contributed by atoms with Gasteiger partial charge in [0.1, 0.15) is 0 Å². The van der Waals surface area contributed by atoms with Crippen LogP contribution in [-0.4, -0.2) is 0 Å². The van der Waals surface area contributed by atoms with Gasteiger partial charge in [0.05, 0.1) is 0 Å². The van der Waals surface area contributed by atoms with Crippen LogP contribution >= 0.6 is 0 Å². The lowest BCUT2D eigenvalue weighted by atomic mass is 9.99. The fourth-order valence-electron chi connectivity index (χ4n) is 2.83. The quantitative estimate of drug-likeness (QED) is 0.308. The van der Waals surface area contributed by atoms with Gasteiger partial charge in [0.25, 0.3) is 0 Å². The van der Waals surface area contributed by atoms with E-state index in [4.69, 9.17) is 0 Å². The van der Waals surface area contributed by atoms with Crippen LogP contribution in [0.3, 0.4) is 0 Å². The molecule has 3 rings (SSSR count). The summed E-state index contributed by atoms with van der Waals surface area (Å²) in [7, 11) is 0. The van der Waals surface area contributed by atoms with E-state index in [0.29, 0.717) is 5.39 Å². The number of unbranched alkanes of at least 4 members (excludes halogenated alkanes) is 2. The maximum absolute atomic E-state index is 13.9. The molecule has 0 atom stereocenters. The molecule has 0 radical (unpaired) electrons. The van der Waals surface area contributed by atoms with Crippen molar-refractivity contribution in [2.24, 2.45) is 0 Å². The first-order valence-corrected chi connectivity index (χ1v) is 7.60. The summed E-state index contributed by atoms with van der Waals surface area (Å²) in [5.41, 5.74) is 1.21. The molecule has 3 heteroatoms. The lowest BCUT2D eigenvalue weighted by Crippen LogP contribution is -1.93. The Morgan fingerprint density at radius 1 is 0.773 bits per heavy atom. The van der Waals surface area contributed by atoms with E-state index >= 15 is 0 Å². The maximum Gasteiger partial charge on any atom is 0.195 e. The third-order valence-electron chi connectivity index (χ3n) is 4.06. The summed E-state index contributed by atoms with van der Waals surface area (Å²) in [4.78, 5) is 0. The van der Waals surface area contributed by atoms with E-state index in [1.807, 2.05) is 18.2 Å². The Balaban J connectivity index is 2.10. The van der Waals surface area contributed by atoms with Gasteiger partial charge >= 0.3 is 0 Å². The Labute approximate surface area is 127 Å². The molecule has 0 amide bonds. The van der Waals surface area contributed by atoms with E-state index in [9.17, 15) is 13.2 Å². The fraction of sp³-hybridized carbons (Fsp3) is 0.263. The van der Waals surface area contributed by atoms with Gasteiger partial charge in [-0.1, -0.05) is 38.0 Å². The van der Waals surface area contributed by atoms with Crippen LogP contribution in [0.15, 0.2) is 36.4 Å². The monoisotopic (exact) mass is 302 g/mol. The molecular formula is C19H17F3. The minimum atomic E-state index is -1.41. The highest BCUT2D eigenvalue weighted by Gasteiger charge is 2.14. The van der Waals surface area contributed by atoms with Crippen LogP contribution < -0.4 is 0 Å². The van der Waals surface area contributed by atoms with Crippen molar-refractivity contribution in [3.8, 4) is 0 Å².